The number of aromatic amines is 2. The highest BCUT2D eigenvalue weighted by molar-refractivity contribution is 5.93. The summed E-state index contributed by atoms with van der Waals surface area (Å²) in [4.78, 5) is 17.0. The highest BCUT2D eigenvalue weighted by atomic mass is 15.2. The number of rotatable bonds is 8. The smallest absolute Gasteiger partial charge is 0.181 e. The van der Waals surface area contributed by atoms with Crippen molar-refractivity contribution < 1.29 is 0 Å². The number of fused-ring (bicyclic) bond motifs is 1. The molecule has 40 heavy (non-hydrogen) atoms. The highest BCUT2D eigenvalue weighted by Crippen LogP contribution is 2.33. The summed E-state index contributed by atoms with van der Waals surface area (Å²) in [7, 11) is 0. The van der Waals surface area contributed by atoms with Crippen LogP contribution in [-0.4, -0.2) is 34.7 Å². The first-order chi connectivity index (χ1) is 19.5. The lowest BCUT2D eigenvalue weighted by molar-refractivity contribution is 1.08. The van der Waals surface area contributed by atoms with Gasteiger partial charge in [-0.15, -0.1) is 0 Å². The molecular formula is C32H28N8. The molecule has 0 aliphatic heterocycles. The van der Waals surface area contributed by atoms with Crippen LogP contribution in [0.5, 0.6) is 0 Å². The van der Waals surface area contributed by atoms with E-state index < -0.39 is 0 Å². The number of aromatic nitrogens is 7. The van der Waals surface area contributed by atoms with Crippen LogP contribution in [0.25, 0.3) is 44.9 Å². The number of H-pyrrole nitrogens is 2. The fraction of sp³-hybridized carbons (Fsp3) is 0.0625. The van der Waals surface area contributed by atoms with Gasteiger partial charge in [0, 0.05) is 52.1 Å². The molecule has 0 spiro atoms. The molecule has 196 valence electrons. The van der Waals surface area contributed by atoms with E-state index in [0.717, 1.165) is 67.5 Å². The van der Waals surface area contributed by atoms with Crippen molar-refractivity contribution in [3.63, 3.8) is 0 Å². The Hall–Kier alpha value is -5.50. The van der Waals surface area contributed by atoms with Gasteiger partial charge in [0.2, 0.25) is 0 Å². The minimum absolute atomic E-state index is 0.638. The van der Waals surface area contributed by atoms with Crippen molar-refractivity contribution in [2.24, 2.45) is 0 Å². The van der Waals surface area contributed by atoms with Gasteiger partial charge in [0.15, 0.2) is 5.65 Å². The van der Waals surface area contributed by atoms with Crippen LogP contribution in [0.15, 0.2) is 105 Å². The Morgan fingerprint density at radius 2 is 1.82 bits per heavy atom. The van der Waals surface area contributed by atoms with Crippen LogP contribution in [0.1, 0.15) is 22.5 Å². The first-order valence-electron chi connectivity index (χ1n) is 12.8. The first kappa shape index (κ1) is 24.8. The van der Waals surface area contributed by atoms with Crippen LogP contribution in [0, 0.1) is 13.8 Å². The van der Waals surface area contributed by atoms with Crippen LogP contribution < -0.4 is 5.32 Å². The Balaban J connectivity index is 1.34. The molecule has 0 radical (unpaired) electrons. The Morgan fingerprint density at radius 1 is 1.00 bits per heavy atom. The molecule has 0 aliphatic carbocycles. The molecule has 0 bridgehead atoms. The number of nitrogens with one attached hydrogen (secondary N) is 3. The van der Waals surface area contributed by atoms with Crippen LogP contribution >= 0.6 is 0 Å². The van der Waals surface area contributed by atoms with Crippen LogP contribution in [0.4, 0.5) is 5.69 Å². The molecule has 8 nitrogen and oxygen atoms in total. The van der Waals surface area contributed by atoms with E-state index in [1.54, 1.807) is 12.3 Å². The maximum atomic E-state index is 4.63. The molecule has 6 aromatic rings. The minimum Gasteiger partial charge on any atom is -0.357 e. The topological polar surface area (TPSA) is 100 Å². The number of aryl methyl sites for hydroxylation is 2. The standard InChI is InChI=1S/C32H28N8/c1-5-9-30(40-18-20(2)35-19-40)27-14-29(37-22(27)4)31-28-13-25(16-34-32(28)39-38-31)24-12-26(17-33-15-24)36-21(3)23-10-7-6-8-11-23/h5-19,36-37H,1,3H2,2,4H3,(H,34,38,39)/b30-9+. The van der Waals surface area contributed by atoms with Crippen LogP contribution in [-0.2, 0) is 0 Å². The van der Waals surface area contributed by atoms with E-state index in [9.17, 15) is 0 Å². The maximum absolute atomic E-state index is 4.63. The van der Waals surface area contributed by atoms with Gasteiger partial charge in [-0.2, -0.15) is 5.10 Å². The lowest BCUT2D eigenvalue weighted by atomic mass is 10.1. The molecule has 0 unspecified atom stereocenters. The zero-order valence-electron chi connectivity index (χ0n) is 22.3. The van der Waals surface area contributed by atoms with Gasteiger partial charge in [-0.3, -0.25) is 10.1 Å². The molecule has 0 amide bonds. The average Bonchev–Trinajstić information content (AvgIpc) is 3.70. The summed E-state index contributed by atoms with van der Waals surface area (Å²) in [6.07, 6.45) is 13.0. The van der Waals surface area contributed by atoms with Crippen LogP contribution in [0.2, 0.25) is 0 Å². The van der Waals surface area contributed by atoms with E-state index in [1.807, 2.05) is 78.9 Å². The van der Waals surface area contributed by atoms with Gasteiger partial charge in [0.1, 0.15) is 0 Å². The maximum Gasteiger partial charge on any atom is 0.181 e. The van der Waals surface area contributed by atoms with E-state index in [4.69, 9.17) is 0 Å². The van der Waals surface area contributed by atoms with Gasteiger partial charge in [-0.1, -0.05) is 49.6 Å². The van der Waals surface area contributed by atoms with E-state index in [0.29, 0.717) is 5.65 Å². The summed E-state index contributed by atoms with van der Waals surface area (Å²) in [5.74, 6) is 0. The SMILES string of the molecule is C=C/C=C(\c1cc(-c2[nH]nc3ncc(-c4cncc(NC(=C)c5ccccc5)c4)cc23)[nH]c1C)n1cnc(C)c1. The molecule has 5 heterocycles. The number of benzene rings is 1. The van der Waals surface area contributed by atoms with Gasteiger partial charge in [-0.25, -0.2) is 9.97 Å². The molecule has 0 atom stereocenters. The molecule has 8 heteroatoms. The Labute approximate surface area is 231 Å². The number of hydrogen-bond donors (Lipinski definition) is 3. The van der Waals surface area contributed by atoms with E-state index in [-0.39, 0.29) is 0 Å². The third kappa shape index (κ3) is 4.74. The molecule has 0 saturated heterocycles. The quantitative estimate of drug-likeness (QED) is 0.186. The van der Waals surface area contributed by atoms with Crippen molar-refractivity contribution in [2.75, 3.05) is 5.32 Å². The lowest BCUT2D eigenvalue weighted by Crippen LogP contribution is -1.98. The molecule has 3 N–H and O–H groups in total. The predicted octanol–water partition coefficient (Wildman–Crippen LogP) is 6.99. The Kier molecular flexibility index (Phi) is 6.41. The van der Waals surface area contributed by atoms with Crippen molar-refractivity contribution in [1.82, 2.24) is 34.7 Å². The first-order valence-corrected chi connectivity index (χ1v) is 12.8. The predicted molar refractivity (Wildman–Crippen MR) is 161 cm³/mol. The molecule has 1 aromatic carbocycles. The number of allylic oxidation sites excluding steroid dienone is 2. The monoisotopic (exact) mass is 524 g/mol. The van der Waals surface area contributed by atoms with Gasteiger partial charge in [-0.05, 0) is 43.7 Å². The van der Waals surface area contributed by atoms with Gasteiger partial charge in [0.05, 0.1) is 41.0 Å². The van der Waals surface area contributed by atoms with Crippen molar-refractivity contribution >= 4 is 28.1 Å². The van der Waals surface area contributed by atoms with E-state index >= 15 is 0 Å². The summed E-state index contributed by atoms with van der Waals surface area (Å²) < 4.78 is 2.00. The second-order valence-electron chi connectivity index (χ2n) is 9.56. The number of hydrogen-bond acceptors (Lipinski definition) is 5. The second kappa shape index (κ2) is 10.3. The summed E-state index contributed by atoms with van der Waals surface area (Å²) >= 11 is 0. The third-order valence-electron chi connectivity index (χ3n) is 6.72. The number of anilines is 1. The molecule has 0 saturated carbocycles. The number of pyridine rings is 2. The van der Waals surface area contributed by atoms with E-state index in [2.05, 4.69) is 67.7 Å². The van der Waals surface area contributed by atoms with Crippen molar-refractivity contribution in [1.29, 1.82) is 0 Å². The van der Waals surface area contributed by atoms with Crippen molar-refractivity contribution in [3.05, 3.63) is 127 Å². The summed E-state index contributed by atoms with van der Waals surface area (Å²) in [6, 6.07) is 16.2. The Bertz CT molecular complexity index is 1880. The molecular weight excluding hydrogens is 496 g/mol. The largest absolute Gasteiger partial charge is 0.357 e. The Morgan fingerprint density at radius 3 is 2.60 bits per heavy atom. The summed E-state index contributed by atoms with van der Waals surface area (Å²) in [5.41, 5.74) is 10.9. The molecule has 6 rings (SSSR count). The highest BCUT2D eigenvalue weighted by Gasteiger charge is 2.17. The van der Waals surface area contributed by atoms with Gasteiger partial charge < -0.3 is 14.9 Å². The molecule has 5 aromatic heterocycles. The zero-order valence-corrected chi connectivity index (χ0v) is 22.3. The lowest BCUT2D eigenvalue weighted by Gasteiger charge is -2.11. The van der Waals surface area contributed by atoms with Crippen LogP contribution in [0.3, 0.4) is 0 Å². The van der Waals surface area contributed by atoms with Gasteiger partial charge in [0.25, 0.3) is 0 Å². The molecule has 0 fully saturated rings. The van der Waals surface area contributed by atoms with E-state index in [1.165, 1.54) is 0 Å². The summed E-state index contributed by atoms with van der Waals surface area (Å²) in [5, 5.41) is 11.9. The number of nitrogens with zero attached hydrogens (tertiary/aromatic N) is 5. The zero-order chi connectivity index (χ0) is 27.6. The van der Waals surface area contributed by atoms with Crippen molar-refractivity contribution in [2.45, 2.75) is 13.8 Å². The summed E-state index contributed by atoms with van der Waals surface area (Å²) in [6.45, 7) is 12.1. The van der Waals surface area contributed by atoms with Gasteiger partial charge >= 0.3 is 0 Å². The average molecular weight is 525 g/mol. The molecule has 0 aliphatic rings. The fourth-order valence-corrected chi connectivity index (χ4v) is 4.75. The third-order valence-corrected chi connectivity index (χ3v) is 6.72. The second-order valence-corrected chi connectivity index (χ2v) is 9.56. The minimum atomic E-state index is 0.638. The number of imidazole rings is 1. The fourth-order valence-electron chi connectivity index (χ4n) is 4.75. The normalized spacial score (nSPS) is 11.6. The van der Waals surface area contributed by atoms with Crippen molar-refractivity contribution in [3.8, 4) is 22.5 Å².